The quantitative estimate of drug-likeness (QED) is 0.688. The third-order valence-electron chi connectivity index (χ3n) is 4.05. The van der Waals surface area contributed by atoms with Crippen LogP contribution in [0.1, 0.15) is 45.4 Å². The molecule has 80 valence electrons. The smallest absolute Gasteiger partial charge is 0.136 e. The lowest BCUT2D eigenvalue weighted by atomic mass is 9.86. The Bertz CT molecular complexity index is 212. The molecule has 0 spiro atoms. The Morgan fingerprint density at radius 2 is 1.86 bits per heavy atom. The number of ketones is 1. The van der Waals surface area contributed by atoms with Crippen LogP contribution in [0, 0.1) is 5.92 Å². The SMILES string of the molecule is CCCC(=O)C1CC2CCC(C1)N2C. The zero-order valence-corrected chi connectivity index (χ0v) is 9.33. The molecule has 2 saturated heterocycles. The fraction of sp³-hybridized carbons (Fsp3) is 0.917. The summed E-state index contributed by atoms with van der Waals surface area (Å²) in [5, 5.41) is 0. The summed E-state index contributed by atoms with van der Waals surface area (Å²) < 4.78 is 0. The van der Waals surface area contributed by atoms with E-state index in [4.69, 9.17) is 0 Å². The molecule has 0 radical (unpaired) electrons. The number of carbonyl (C=O) groups is 1. The van der Waals surface area contributed by atoms with Crippen molar-refractivity contribution in [2.75, 3.05) is 7.05 Å². The highest BCUT2D eigenvalue weighted by molar-refractivity contribution is 5.81. The average molecular weight is 195 g/mol. The summed E-state index contributed by atoms with van der Waals surface area (Å²) in [6.07, 6.45) is 6.71. The monoisotopic (exact) mass is 195 g/mol. The molecule has 2 aliphatic heterocycles. The first kappa shape index (κ1) is 10.2. The Kier molecular flexibility index (Phi) is 2.91. The van der Waals surface area contributed by atoms with Crippen LogP contribution in [0.25, 0.3) is 0 Å². The molecule has 2 bridgehead atoms. The van der Waals surface area contributed by atoms with E-state index in [1.807, 2.05) is 0 Å². The van der Waals surface area contributed by atoms with E-state index in [1.54, 1.807) is 0 Å². The van der Waals surface area contributed by atoms with E-state index in [0.717, 1.165) is 25.7 Å². The largest absolute Gasteiger partial charge is 0.300 e. The molecule has 2 unspecified atom stereocenters. The van der Waals surface area contributed by atoms with E-state index in [9.17, 15) is 4.79 Å². The highest BCUT2D eigenvalue weighted by atomic mass is 16.1. The molecule has 2 heterocycles. The van der Waals surface area contributed by atoms with Crippen LogP contribution < -0.4 is 0 Å². The summed E-state index contributed by atoms with van der Waals surface area (Å²) in [6, 6.07) is 1.42. The van der Waals surface area contributed by atoms with Crippen LogP contribution in [-0.2, 0) is 4.79 Å². The van der Waals surface area contributed by atoms with Gasteiger partial charge in [0.15, 0.2) is 0 Å². The lowest BCUT2D eigenvalue weighted by Gasteiger charge is -2.35. The van der Waals surface area contributed by atoms with E-state index in [2.05, 4.69) is 18.9 Å². The minimum Gasteiger partial charge on any atom is -0.300 e. The second-order valence-electron chi connectivity index (χ2n) is 4.94. The summed E-state index contributed by atoms with van der Waals surface area (Å²) in [5.41, 5.74) is 0. The van der Waals surface area contributed by atoms with Crippen LogP contribution in [0.2, 0.25) is 0 Å². The van der Waals surface area contributed by atoms with E-state index in [-0.39, 0.29) is 0 Å². The molecule has 0 aromatic rings. The molecule has 0 aromatic heterocycles. The van der Waals surface area contributed by atoms with Crippen LogP contribution >= 0.6 is 0 Å². The molecule has 2 nitrogen and oxygen atoms in total. The predicted octanol–water partition coefficient (Wildman–Crippen LogP) is 2.23. The Morgan fingerprint density at radius 1 is 1.29 bits per heavy atom. The first-order valence-electron chi connectivity index (χ1n) is 5.97. The average Bonchev–Trinajstić information content (AvgIpc) is 2.42. The fourth-order valence-electron chi connectivity index (χ4n) is 3.12. The summed E-state index contributed by atoms with van der Waals surface area (Å²) >= 11 is 0. The van der Waals surface area contributed by atoms with Crippen LogP contribution in [0.5, 0.6) is 0 Å². The number of nitrogens with zero attached hydrogens (tertiary/aromatic N) is 1. The highest BCUT2D eigenvalue weighted by Crippen LogP contribution is 2.38. The molecule has 0 N–H and O–H groups in total. The third kappa shape index (κ3) is 1.72. The van der Waals surface area contributed by atoms with Crippen molar-refractivity contribution in [1.29, 1.82) is 0 Å². The van der Waals surface area contributed by atoms with Crippen molar-refractivity contribution in [2.45, 2.75) is 57.5 Å². The van der Waals surface area contributed by atoms with Gasteiger partial charge in [0.25, 0.3) is 0 Å². The first-order chi connectivity index (χ1) is 6.72. The number of piperidine rings is 1. The lowest BCUT2D eigenvalue weighted by Crippen LogP contribution is -2.41. The predicted molar refractivity (Wildman–Crippen MR) is 57.2 cm³/mol. The second kappa shape index (κ2) is 4.01. The Hall–Kier alpha value is -0.370. The standard InChI is InChI=1S/C12H21NO/c1-3-4-12(14)9-7-10-5-6-11(8-9)13(10)2/h9-11H,3-8H2,1-2H3. The lowest BCUT2D eigenvalue weighted by molar-refractivity contribution is -0.125. The van der Waals surface area contributed by atoms with Crippen molar-refractivity contribution in [3.8, 4) is 0 Å². The number of carbonyl (C=O) groups excluding carboxylic acids is 1. The van der Waals surface area contributed by atoms with Crippen molar-refractivity contribution >= 4 is 5.78 Å². The molecule has 0 saturated carbocycles. The van der Waals surface area contributed by atoms with E-state index < -0.39 is 0 Å². The van der Waals surface area contributed by atoms with Crippen molar-refractivity contribution in [1.82, 2.24) is 4.90 Å². The maximum absolute atomic E-state index is 11.8. The molecule has 2 fully saturated rings. The molecule has 2 aliphatic rings. The molecule has 2 heteroatoms. The Balaban J connectivity index is 1.95. The van der Waals surface area contributed by atoms with Crippen molar-refractivity contribution in [2.24, 2.45) is 5.92 Å². The number of hydrogen-bond donors (Lipinski definition) is 0. The Morgan fingerprint density at radius 3 is 2.36 bits per heavy atom. The van der Waals surface area contributed by atoms with E-state index in [0.29, 0.717) is 23.8 Å². The molecular formula is C12H21NO. The Labute approximate surface area is 86.7 Å². The fourth-order valence-corrected chi connectivity index (χ4v) is 3.12. The second-order valence-corrected chi connectivity index (χ2v) is 4.94. The molecular weight excluding hydrogens is 174 g/mol. The first-order valence-corrected chi connectivity index (χ1v) is 5.97. The van der Waals surface area contributed by atoms with Gasteiger partial charge in [0.05, 0.1) is 0 Å². The van der Waals surface area contributed by atoms with Crippen LogP contribution in [0.4, 0.5) is 0 Å². The van der Waals surface area contributed by atoms with Gasteiger partial charge in [-0.05, 0) is 39.2 Å². The number of fused-ring (bicyclic) bond motifs is 2. The normalized spacial score (nSPS) is 37.4. The third-order valence-corrected chi connectivity index (χ3v) is 4.05. The van der Waals surface area contributed by atoms with Crippen molar-refractivity contribution in [3.63, 3.8) is 0 Å². The molecule has 14 heavy (non-hydrogen) atoms. The van der Waals surface area contributed by atoms with Crippen LogP contribution in [0.3, 0.4) is 0 Å². The van der Waals surface area contributed by atoms with Gasteiger partial charge < -0.3 is 4.90 Å². The van der Waals surface area contributed by atoms with Crippen LogP contribution in [-0.4, -0.2) is 29.8 Å². The van der Waals surface area contributed by atoms with Gasteiger partial charge in [-0.15, -0.1) is 0 Å². The summed E-state index contributed by atoms with van der Waals surface area (Å²) in [7, 11) is 2.23. The van der Waals surface area contributed by atoms with Gasteiger partial charge in [0.2, 0.25) is 0 Å². The molecule has 0 aromatic carbocycles. The minimum atomic E-state index is 0.392. The minimum absolute atomic E-state index is 0.392. The summed E-state index contributed by atoms with van der Waals surface area (Å²) in [4.78, 5) is 14.3. The van der Waals surface area contributed by atoms with Gasteiger partial charge in [0.1, 0.15) is 5.78 Å². The van der Waals surface area contributed by atoms with Gasteiger partial charge in [0, 0.05) is 24.4 Å². The number of hydrogen-bond acceptors (Lipinski definition) is 2. The zero-order chi connectivity index (χ0) is 10.1. The molecule has 2 rings (SSSR count). The number of Topliss-reactive ketones (excluding diaryl/α,β-unsaturated/α-hetero) is 1. The van der Waals surface area contributed by atoms with Gasteiger partial charge in [-0.25, -0.2) is 0 Å². The van der Waals surface area contributed by atoms with Crippen LogP contribution in [0.15, 0.2) is 0 Å². The maximum Gasteiger partial charge on any atom is 0.136 e. The van der Waals surface area contributed by atoms with E-state index in [1.165, 1.54) is 12.8 Å². The molecule has 0 aliphatic carbocycles. The van der Waals surface area contributed by atoms with Gasteiger partial charge in [-0.3, -0.25) is 4.79 Å². The van der Waals surface area contributed by atoms with Gasteiger partial charge in [-0.2, -0.15) is 0 Å². The molecule has 0 amide bonds. The maximum atomic E-state index is 11.8. The summed E-state index contributed by atoms with van der Waals surface area (Å²) in [5.74, 6) is 0.918. The van der Waals surface area contributed by atoms with Gasteiger partial charge in [-0.1, -0.05) is 6.92 Å². The van der Waals surface area contributed by atoms with E-state index >= 15 is 0 Å². The van der Waals surface area contributed by atoms with Gasteiger partial charge >= 0.3 is 0 Å². The number of rotatable bonds is 3. The van der Waals surface area contributed by atoms with Crippen molar-refractivity contribution in [3.05, 3.63) is 0 Å². The molecule has 2 atom stereocenters. The zero-order valence-electron chi connectivity index (χ0n) is 9.33. The van der Waals surface area contributed by atoms with Crippen molar-refractivity contribution < 1.29 is 4.79 Å². The highest BCUT2D eigenvalue weighted by Gasteiger charge is 2.40. The topological polar surface area (TPSA) is 20.3 Å². The summed E-state index contributed by atoms with van der Waals surface area (Å²) in [6.45, 7) is 2.10.